The molecule has 5 heteroatoms. The zero-order valence-electron chi connectivity index (χ0n) is 4.72. The van der Waals surface area contributed by atoms with E-state index in [1.165, 1.54) is 14.2 Å². The fraction of sp³-hybridized carbons (Fsp3) is 1.00. The van der Waals surface area contributed by atoms with Gasteiger partial charge in [-0.3, -0.25) is 4.57 Å². The van der Waals surface area contributed by atoms with Gasteiger partial charge in [0.1, 0.15) is 0 Å². The summed E-state index contributed by atoms with van der Waals surface area (Å²) in [6, 6.07) is 0. The molecule has 0 aromatic rings. The van der Waals surface area contributed by atoms with E-state index < -0.39 is 8.25 Å². The fourth-order valence-electron chi connectivity index (χ4n) is 0.0833. The van der Waals surface area contributed by atoms with Crippen LogP contribution in [0.2, 0.25) is 0 Å². The number of hydrogen-bond donors (Lipinski definition) is 0. The van der Waals surface area contributed by atoms with Gasteiger partial charge in [0, 0.05) is 65.6 Å². The first-order valence-corrected chi connectivity index (χ1v) is 2.65. The Morgan fingerprint density at radius 1 is 1.29 bits per heavy atom. The first-order chi connectivity index (χ1) is 2.81. The molecule has 0 saturated carbocycles. The van der Waals surface area contributed by atoms with Crippen LogP contribution in [0.5, 0.6) is 0 Å². The second kappa shape index (κ2) is 7.79. The summed E-state index contributed by atoms with van der Waals surface area (Å²) in [5, 5.41) is 0. The molecule has 0 aromatic carbocycles. The third-order valence-electron chi connectivity index (χ3n) is 0.333. The zero-order chi connectivity index (χ0) is 4.99. The van der Waals surface area contributed by atoms with Gasteiger partial charge in [-0.25, -0.2) is 0 Å². The molecule has 0 aliphatic rings. The molecule has 0 saturated heterocycles. The van der Waals surface area contributed by atoms with Crippen molar-refractivity contribution in [2.24, 2.45) is 0 Å². The molecule has 0 atom stereocenters. The van der Waals surface area contributed by atoms with Crippen molar-refractivity contribution in [3.05, 3.63) is 0 Å². The molecule has 0 fully saturated rings. The maximum absolute atomic E-state index is 9.92. The summed E-state index contributed by atoms with van der Waals surface area (Å²) in [6.45, 7) is 0. The average molecular weight is 149 g/mol. The van der Waals surface area contributed by atoms with Gasteiger partial charge in [-0.1, -0.05) is 0 Å². The van der Waals surface area contributed by atoms with Crippen molar-refractivity contribution < 1.29 is 13.6 Å². The Bertz CT molecular complexity index is 50.9. The Morgan fingerprint density at radius 3 is 1.57 bits per heavy atom. The molecule has 39 valence electrons. The fourth-order valence-corrected chi connectivity index (χ4v) is 0.250. The molecule has 0 rings (SSSR count). The minimum absolute atomic E-state index is 0. The number of hydrogen-bond acceptors (Lipinski definition) is 3. The minimum Gasteiger partial charge on any atom is -0.314 e. The van der Waals surface area contributed by atoms with Crippen molar-refractivity contribution in [3.8, 4) is 0 Å². The quantitative estimate of drug-likeness (QED) is 0.418. The zero-order valence-corrected chi connectivity index (χ0v) is 8.85. The monoisotopic (exact) mass is 149 g/mol. The second-order valence-corrected chi connectivity index (χ2v) is 1.97. The summed E-state index contributed by atoms with van der Waals surface area (Å²) in [6.07, 6.45) is 0. The molecule has 0 bridgehead atoms. The molecular weight excluding hydrogens is 142 g/mol. The predicted octanol–water partition coefficient (Wildman–Crippen LogP) is 0.288. The SMILES string of the molecule is CO[PH](=O)OC.[K]. The van der Waals surface area contributed by atoms with Crippen LogP contribution in [0.15, 0.2) is 0 Å². The number of rotatable bonds is 2. The van der Waals surface area contributed by atoms with Crippen LogP contribution < -0.4 is 0 Å². The van der Waals surface area contributed by atoms with E-state index in [1.54, 1.807) is 0 Å². The summed E-state index contributed by atoms with van der Waals surface area (Å²) in [5.74, 6) is 0. The Labute approximate surface area is 86.1 Å². The predicted molar refractivity (Wildman–Crippen MR) is 28.8 cm³/mol. The van der Waals surface area contributed by atoms with Gasteiger partial charge in [0.25, 0.3) is 0 Å². The second-order valence-electron chi connectivity index (χ2n) is 0.658. The van der Waals surface area contributed by atoms with Crippen LogP contribution in [0.3, 0.4) is 0 Å². The van der Waals surface area contributed by atoms with Gasteiger partial charge < -0.3 is 9.05 Å². The minimum atomic E-state index is -2.12. The molecule has 7 heavy (non-hydrogen) atoms. The van der Waals surface area contributed by atoms with Crippen molar-refractivity contribution in [2.45, 2.75) is 0 Å². The van der Waals surface area contributed by atoms with Crippen molar-refractivity contribution in [3.63, 3.8) is 0 Å². The molecule has 0 amide bonds. The van der Waals surface area contributed by atoms with Crippen molar-refractivity contribution >= 4 is 59.6 Å². The maximum atomic E-state index is 9.92. The molecule has 0 aromatic heterocycles. The van der Waals surface area contributed by atoms with E-state index in [1.807, 2.05) is 0 Å². The van der Waals surface area contributed by atoms with Gasteiger partial charge >= 0.3 is 8.25 Å². The first-order valence-electron chi connectivity index (χ1n) is 1.43. The van der Waals surface area contributed by atoms with Crippen LogP contribution in [0.25, 0.3) is 0 Å². The van der Waals surface area contributed by atoms with Gasteiger partial charge in [-0.15, -0.1) is 0 Å². The summed E-state index contributed by atoms with van der Waals surface area (Å²) in [5.41, 5.74) is 0. The van der Waals surface area contributed by atoms with Crippen molar-refractivity contribution in [1.82, 2.24) is 0 Å². The molecule has 0 N–H and O–H groups in total. The normalized spacial score (nSPS) is 8.43. The summed E-state index contributed by atoms with van der Waals surface area (Å²) in [4.78, 5) is 0. The molecule has 0 aliphatic heterocycles. The van der Waals surface area contributed by atoms with Crippen LogP contribution in [-0.2, 0) is 13.6 Å². The molecule has 0 unspecified atom stereocenters. The molecular formula is C2H7KO3P. The van der Waals surface area contributed by atoms with E-state index >= 15 is 0 Å². The van der Waals surface area contributed by atoms with E-state index in [-0.39, 0.29) is 51.4 Å². The van der Waals surface area contributed by atoms with Gasteiger partial charge in [0.15, 0.2) is 0 Å². The van der Waals surface area contributed by atoms with Crippen molar-refractivity contribution in [2.75, 3.05) is 14.2 Å². The van der Waals surface area contributed by atoms with Crippen molar-refractivity contribution in [1.29, 1.82) is 0 Å². The summed E-state index contributed by atoms with van der Waals surface area (Å²) < 4.78 is 18.4. The van der Waals surface area contributed by atoms with E-state index in [2.05, 4.69) is 9.05 Å². The van der Waals surface area contributed by atoms with Crippen LogP contribution in [0.4, 0.5) is 0 Å². The third kappa shape index (κ3) is 7.79. The smallest absolute Gasteiger partial charge is 0.314 e. The third-order valence-corrected chi connectivity index (χ3v) is 1.00. The average Bonchev–Trinajstić information content (AvgIpc) is 1.65. The standard InChI is InChI=1S/C2H7O3P.K/c1-4-6(3)5-2;/h6H,1-2H3;. The van der Waals surface area contributed by atoms with Gasteiger partial charge in [0.2, 0.25) is 0 Å². The summed E-state index contributed by atoms with van der Waals surface area (Å²) >= 11 is 0. The van der Waals surface area contributed by atoms with Crippen LogP contribution in [0.1, 0.15) is 0 Å². The molecule has 3 nitrogen and oxygen atoms in total. The molecule has 0 spiro atoms. The van der Waals surface area contributed by atoms with Crippen LogP contribution in [-0.4, -0.2) is 65.6 Å². The van der Waals surface area contributed by atoms with Gasteiger partial charge in [0.05, 0.1) is 0 Å². The van der Waals surface area contributed by atoms with E-state index in [0.717, 1.165) is 0 Å². The van der Waals surface area contributed by atoms with Gasteiger partial charge in [-0.2, -0.15) is 0 Å². The molecule has 0 heterocycles. The topological polar surface area (TPSA) is 35.5 Å². The van der Waals surface area contributed by atoms with Crippen LogP contribution in [0, 0.1) is 0 Å². The van der Waals surface area contributed by atoms with Gasteiger partial charge in [-0.05, 0) is 0 Å². The van der Waals surface area contributed by atoms with E-state index in [4.69, 9.17) is 0 Å². The molecule has 1 radical (unpaired) electrons. The maximum Gasteiger partial charge on any atom is 0.318 e. The largest absolute Gasteiger partial charge is 0.318 e. The van der Waals surface area contributed by atoms with E-state index in [0.29, 0.717) is 0 Å². The first kappa shape index (κ1) is 11.6. The Kier molecular flexibility index (Phi) is 12.9. The Morgan fingerprint density at radius 2 is 1.57 bits per heavy atom. The van der Waals surface area contributed by atoms with E-state index in [9.17, 15) is 4.57 Å². The Balaban J connectivity index is 0. The summed E-state index contributed by atoms with van der Waals surface area (Å²) in [7, 11) is 0.558. The Hall–Kier alpha value is 1.79. The molecule has 0 aliphatic carbocycles. The van der Waals surface area contributed by atoms with Crippen LogP contribution >= 0.6 is 8.25 Å².